The number of nitrogens with two attached hydrogens (primary N) is 2. The highest BCUT2D eigenvalue weighted by molar-refractivity contribution is 7.84. The molecule has 0 aromatic heterocycles. The van der Waals surface area contributed by atoms with Gasteiger partial charge in [-0.25, -0.2) is 9.79 Å². The minimum absolute atomic E-state index is 0.0343. The lowest BCUT2D eigenvalue weighted by atomic mass is 9.66. The summed E-state index contributed by atoms with van der Waals surface area (Å²) in [6, 6.07) is 0. The average molecular weight is 336 g/mol. The number of carbonyl (C=O) groups is 2. The standard InChI is InChI=1S/C14H18N5O3S/c1-2-22-13(21)19-5-3-14(4-6-19)8(7-15)10(16)18-12(23)9(14)11(17)20/h23H,2-6H2,1H3,(H2,16,18)(H2,17,20)/q-1. The third kappa shape index (κ3) is 2.85. The van der Waals surface area contributed by atoms with Gasteiger partial charge in [0.25, 0.3) is 0 Å². The molecule has 2 heterocycles. The fourth-order valence-corrected chi connectivity index (χ4v) is 3.54. The minimum atomic E-state index is -0.952. The lowest BCUT2D eigenvalue weighted by molar-refractivity contribution is -0.115. The number of piperidine rings is 1. The van der Waals surface area contributed by atoms with Crippen LogP contribution in [0.25, 0.3) is 5.41 Å². The lowest BCUT2D eigenvalue weighted by Crippen LogP contribution is -2.50. The van der Waals surface area contributed by atoms with Crippen LogP contribution in [0, 0.1) is 5.41 Å². The normalized spacial score (nSPS) is 20.2. The molecule has 0 unspecified atom stereocenters. The molecule has 0 radical (unpaired) electrons. The van der Waals surface area contributed by atoms with Crippen LogP contribution in [0.4, 0.5) is 4.79 Å². The summed E-state index contributed by atoms with van der Waals surface area (Å²) in [7, 11) is 0. The van der Waals surface area contributed by atoms with Gasteiger partial charge in [-0.15, -0.1) is 12.6 Å². The summed E-state index contributed by atoms with van der Waals surface area (Å²) in [6.45, 7) is 2.64. The number of thiol groups is 1. The van der Waals surface area contributed by atoms with E-state index in [9.17, 15) is 15.0 Å². The Balaban J connectivity index is 2.39. The van der Waals surface area contributed by atoms with Crippen molar-refractivity contribution in [1.29, 1.82) is 0 Å². The Hall–Kier alpha value is -2.25. The highest BCUT2D eigenvalue weighted by atomic mass is 32.1. The van der Waals surface area contributed by atoms with Crippen LogP contribution in [0.5, 0.6) is 0 Å². The molecule has 1 fully saturated rings. The van der Waals surface area contributed by atoms with E-state index in [1.54, 1.807) is 6.92 Å². The maximum atomic E-state index is 11.9. The molecule has 4 N–H and O–H groups in total. The SMILES string of the molecule is CCOC(=O)N1CCC2(CC1)C(=C=[N-])C(N)=NC(S)=C2C(N)=O. The molecule has 2 aliphatic rings. The summed E-state index contributed by atoms with van der Waals surface area (Å²) >= 11 is 4.20. The van der Waals surface area contributed by atoms with Crippen molar-refractivity contribution < 1.29 is 14.3 Å². The van der Waals surface area contributed by atoms with Crippen LogP contribution in [0.2, 0.25) is 0 Å². The van der Waals surface area contributed by atoms with E-state index in [1.807, 2.05) is 5.87 Å². The van der Waals surface area contributed by atoms with Crippen LogP contribution < -0.4 is 11.5 Å². The van der Waals surface area contributed by atoms with E-state index in [4.69, 9.17) is 16.2 Å². The van der Waals surface area contributed by atoms with E-state index in [-0.39, 0.29) is 28.6 Å². The van der Waals surface area contributed by atoms with Gasteiger partial charge in [-0.05, 0) is 19.8 Å². The summed E-state index contributed by atoms with van der Waals surface area (Å²) in [4.78, 5) is 29.2. The second kappa shape index (κ2) is 6.47. The number of likely N-dealkylation sites (tertiary alicyclic amines) is 1. The molecule has 0 bridgehead atoms. The van der Waals surface area contributed by atoms with Crippen LogP contribution in [0.1, 0.15) is 19.8 Å². The molecule has 2 amide bonds. The number of rotatable bonds is 2. The number of amidine groups is 1. The van der Waals surface area contributed by atoms with Crippen molar-refractivity contribution in [3.05, 3.63) is 21.6 Å². The Labute approximate surface area is 139 Å². The first-order chi connectivity index (χ1) is 10.9. The third-order valence-electron chi connectivity index (χ3n) is 4.16. The average Bonchev–Trinajstić information content (AvgIpc) is 2.47. The van der Waals surface area contributed by atoms with Gasteiger partial charge in [0, 0.05) is 24.1 Å². The Bertz CT molecular complexity index is 655. The van der Waals surface area contributed by atoms with Gasteiger partial charge >= 0.3 is 6.09 Å². The lowest BCUT2D eigenvalue weighted by Gasteiger charge is -2.44. The largest absolute Gasteiger partial charge is 0.763 e. The summed E-state index contributed by atoms with van der Waals surface area (Å²) in [5, 5.41) is 9.59. The topological polar surface area (TPSA) is 133 Å². The highest BCUT2D eigenvalue weighted by Crippen LogP contribution is 2.48. The Morgan fingerprint density at radius 3 is 2.57 bits per heavy atom. The van der Waals surface area contributed by atoms with Crippen LogP contribution >= 0.6 is 12.6 Å². The van der Waals surface area contributed by atoms with Crippen molar-refractivity contribution in [2.24, 2.45) is 21.9 Å². The molecule has 23 heavy (non-hydrogen) atoms. The highest BCUT2D eigenvalue weighted by Gasteiger charge is 2.48. The fraction of sp³-hybridized carbons (Fsp3) is 0.500. The summed E-state index contributed by atoms with van der Waals surface area (Å²) in [6.07, 6.45) is 0.231. The molecule has 0 aliphatic carbocycles. The zero-order valence-electron chi connectivity index (χ0n) is 12.7. The third-order valence-corrected chi connectivity index (χ3v) is 4.49. The fourth-order valence-electron chi connectivity index (χ4n) is 3.11. The quantitative estimate of drug-likeness (QED) is 0.497. The van der Waals surface area contributed by atoms with Crippen LogP contribution in [0.3, 0.4) is 0 Å². The molecular weight excluding hydrogens is 318 g/mol. The van der Waals surface area contributed by atoms with Crippen LogP contribution in [-0.2, 0) is 9.53 Å². The molecule has 2 aliphatic heterocycles. The second-order valence-corrected chi connectivity index (χ2v) is 5.74. The van der Waals surface area contributed by atoms with Crippen LogP contribution in [-0.4, -0.2) is 48.3 Å². The molecule has 8 nitrogen and oxygen atoms in total. The molecule has 2 rings (SSSR count). The van der Waals surface area contributed by atoms with Crippen molar-refractivity contribution in [1.82, 2.24) is 4.90 Å². The van der Waals surface area contributed by atoms with Gasteiger partial charge < -0.3 is 26.5 Å². The van der Waals surface area contributed by atoms with Gasteiger partial charge in [-0.1, -0.05) is 0 Å². The van der Waals surface area contributed by atoms with E-state index >= 15 is 0 Å². The Morgan fingerprint density at radius 1 is 1.48 bits per heavy atom. The predicted molar refractivity (Wildman–Crippen MR) is 89.0 cm³/mol. The first kappa shape index (κ1) is 17.1. The van der Waals surface area contributed by atoms with Crippen molar-refractivity contribution in [2.45, 2.75) is 19.8 Å². The van der Waals surface area contributed by atoms with Crippen molar-refractivity contribution >= 4 is 36.3 Å². The number of nitrogens with zero attached hydrogens (tertiary/aromatic N) is 3. The molecule has 9 heteroatoms. The van der Waals surface area contributed by atoms with Gasteiger partial charge in [0.2, 0.25) is 5.91 Å². The Kier molecular flexibility index (Phi) is 4.82. The molecule has 0 saturated carbocycles. The first-order valence-corrected chi connectivity index (χ1v) is 7.59. The van der Waals surface area contributed by atoms with Gasteiger partial charge in [-0.3, -0.25) is 10.7 Å². The molecule has 0 aromatic rings. The van der Waals surface area contributed by atoms with Gasteiger partial charge in [0.05, 0.1) is 12.2 Å². The van der Waals surface area contributed by atoms with E-state index in [0.717, 1.165) is 0 Å². The zero-order chi connectivity index (χ0) is 17.2. The molecule has 0 aromatic carbocycles. The van der Waals surface area contributed by atoms with E-state index in [0.29, 0.717) is 25.9 Å². The zero-order valence-corrected chi connectivity index (χ0v) is 13.6. The number of hydrogen-bond donors (Lipinski definition) is 3. The van der Waals surface area contributed by atoms with Crippen LogP contribution in [0.15, 0.2) is 21.2 Å². The number of aliphatic imine (C=N–C) groups is 1. The van der Waals surface area contributed by atoms with Gasteiger partial charge in [0.15, 0.2) is 0 Å². The summed E-state index contributed by atoms with van der Waals surface area (Å²) in [5.41, 5.74) is 10.7. The molecule has 124 valence electrons. The molecule has 1 saturated heterocycles. The molecule has 0 atom stereocenters. The number of carbonyl (C=O) groups excluding carboxylic acids is 2. The van der Waals surface area contributed by atoms with Gasteiger partial charge in [-0.2, -0.15) is 0 Å². The van der Waals surface area contributed by atoms with Gasteiger partial charge in [0.1, 0.15) is 10.9 Å². The Morgan fingerprint density at radius 2 is 2.09 bits per heavy atom. The van der Waals surface area contributed by atoms with Crippen molar-refractivity contribution in [3.8, 4) is 0 Å². The van der Waals surface area contributed by atoms with Crippen molar-refractivity contribution in [2.75, 3.05) is 19.7 Å². The number of primary amides is 1. The van der Waals surface area contributed by atoms with E-state index in [2.05, 4.69) is 17.6 Å². The smallest absolute Gasteiger partial charge is 0.409 e. The number of amides is 2. The molecular formula is C14H18N5O3S-. The number of hydrogen-bond acceptors (Lipinski definition) is 6. The maximum absolute atomic E-state index is 11.9. The summed E-state index contributed by atoms with van der Waals surface area (Å²) in [5.74, 6) is 1.38. The van der Waals surface area contributed by atoms with Crippen molar-refractivity contribution in [3.63, 3.8) is 0 Å². The maximum Gasteiger partial charge on any atom is 0.409 e. The monoisotopic (exact) mass is 336 g/mol. The first-order valence-electron chi connectivity index (χ1n) is 7.14. The second-order valence-electron chi connectivity index (χ2n) is 5.31. The van der Waals surface area contributed by atoms with E-state index < -0.39 is 17.4 Å². The predicted octanol–water partition coefficient (Wildman–Crippen LogP) is 0.388. The number of ether oxygens (including phenoxy) is 1. The summed E-state index contributed by atoms with van der Waals surface area (Å²) < 4.78 is 4.97. The van der Waals surface area contributed by atoms with E-state index in [1.165, 1.54) is 4.90 Å². The minimum Gasteiger partial charge on any atom is -0.763 e. The molecule has 1 spiro atoms.